The number of benzene rings is 2. The molecule has 2 aromatic carbocycles. The maximum Gasteiger partial charge on any atom is 0.335 e. The van der Waals surface area contributed by atoms with Crippen molar-refractivity contribution in [2.75, 3.05) is 13.1 Å². The van der Waals surface area contributed by atoms with Gasteiger partial charge in [-0.3, -0.25) is 4.79 Å². The molecule has 1 unspecified atom stereocenters. The lowest BCUT2D eigenvalue weighted by Crippen LogP contribution is -2.39. The predicted octanol–water partition coefficient (Wildman–Crippen LogP) is 4.30. The molecule has 1 atom stereocenters. The standard InChI is InChI=1S/C26H28N2O4/c1-17-5-6-18(2)28(17)24-14-21(11-12-23(24)16-29)25(30)27-13-3-4-22(15-27)19-7-9-20(10-8-19)26(31)32/h5-12,14,22,29H,3-4,13,15-16H2,1-2H3,(H,31,32). The van der Waals surface area contributed by atoms with Gasteiger partial charge in [0, 0.05) is 41.5 Å². The van der Waals surface area contributed by atoms with Gasteiger partial charge in [0.15, 0.2) is 0 Å². The molecule has 6 heteroatoms. The molecule has 3 aromatic rings. The minimum absolute atomic E-state index is 0.0231. The molecule has 4 rings (SSSR count). The molecule has 6 nitrogen and oxygen atoms in total. The maximum absolute atomic E-state index is 13.4. The van der Waals surface area contributed by atoms with E-state index in [2.05, 4.69) is 4.57 Å². The fourth-order valence-corrected chi connectivity index (χ4v) is 4.60. The van der Waals surface area contributed by atoms with Crippen molar-refractivity contribution >= 4 is 11.9 Å². The van der Waals surface area contributed by atoms with Gasteiger partial charge in [-0.25, -0.2) is 4.79 Å². The highest BCUT2D eigenvalue weighted by Gasteiger charge is 2.26. The van der Waals surface area contributed by atoms with Crippen LogP contribution in [0.25, 0.3) is 5.69 Å². The predicted molar refractivity (Wildman–Crippen MR) is 122 cm³/mol. The first-order valence-electron chi connectivity index (χ1n) is 10.9. The Morgan fingerprint density at radius 3 is 2.25 bits per heavy atom. The molecule has 0 bridgehead atoms. The van der Waals surface area contributed by atoms with Crippen molar-refractivity contribution in [3.63, 3.8) is 0 Å². The number of rotatable bonds is 5. The summed E-state index contributed by atoms with van der Waals surface area (Å²) in [5, 5.41) is 19.0. The van der Waals surface area contributed by atoms with Crippen molar-refractivity contribution in [3.8, 4) is 5.69 Å². The normalized spacial score (nSPS) is 16.2. The van der Waals surface area contributed by atoms with E-state index >= 15 is 0 Å². The van der Waals surface area contributed by atoms with Crippen LogP contribution in [0.5, 0.6) is 0 Å². The van der Waals surface area contributed by atoms with Crippen LogP contribution in [0.3, 0.4) is 0 Å². The quantitative estimate of drug-likeness (QED) is 0.630. The number of carboxylic acid groups (broad SMARTS) is 1. The summed E-state index contributed by atoms with van der Waals surface area (Å²) in [6.07, 6.45) is 1.86. The number of carboxylic acids is 1. The summed E-state index contributed by atoms with van der Waals surface area (Å²) in [7, 11) is 0. The van der Waals surface area contributed by atoms with Crippen molar-refractivity contribution in [1.82, 2.24) is 9.47 Å². The van der Waals surface area contributed by atoms with Gasteiger partial charge in [-0.2, -0.15) is 0 Å². The third-order valence-corrected chi connectivity index (χ3v) is 6.35. The largest absolute Gasteiger partial charge is 0.478 e. The molecule has 1 aromatic heterocycles. The van der Waals surface area contributed by atoms with E-state index in [1.807, 2.05) is 55.1 Å². The second-order valence-electron chi connectivity index (χ2n) is 8.47. The van der Waals surface area contributed by atoms with Crippen molar-refractivity contribution in [3.05, 3.63) is 88.2 Å². The van der Waals surface area contributed by atoms with E-state index in [1.165, 1.54) is 0 Å². The van der Waals surface area contributed by atoms with Crippen molar-refractivity contribution in [2.45, 2.75) is 39.2 Å². The Bertz CT molecular complexity index is 1130. The Morgan fingerprint density at radius 1 is 0.969 bits per heavy atom. The van der Waals surface area contributed by atoms with E-state index < -0.39 is 5.97 Å². The first-order chi connectivity index (χ1) is 15.4. The highest BCUT2D eigenvalue weighted by Crippen LogP contribution is 2.29. The van der Waals surface area contributed by atoms with Crippen LogP contribution in [0.15, 0.2) is 54.6 Å². The number of hydrogen-bond acceptors (Lipinski definition) is 3. The molecule has 0 aliphatic carbocycles. The number of piperidine rings is 1. The molecule has 1 aliphatic heterocycles. The molecule has 1 aliphatic rings. The van der Waals surface area contributed by atoms with Gasteiger partial charge in [0.2, 0.25) is 0 Å². The number of hydrogen-bond donors (Lipinski definition) is 2. The summed E-state index contributed by atoms with van der Waals surface area (Å²) in [4.78, 5) is 26.4. The van der Waals surface area contributed by atoms with Gasteiger partial charge < -0.3 is 19.7 Å². The molecule has 2 heterocycles. The van der Waals surface area contributed by atoms with Crippen LogP contribution in [0, 0.1) is 13.8 Å². The fraction of sp³-hybridized carbons (Fsp3) is 0.308. The summed E-state index contributed by atoms with van der Waals surface area (Å²) in [6, 6.07) is 16.5. The van der Waals surface area contributed by atoms with Crippen LogP contribution < -0.4 is 0 Å². The Balaban J connectivity index is 1.59. The van der Waals surface area contributed by atoms with Crippen LogP contribution in [-0.2, 0) is 6.61 Å². The summed E-state index contributed by atoms with van der Waals surface area (Å²) in [5.74, 6) is -0.780. The van der Waals surface area contributed by atoms with Crippen molar-refractivity contribution in [2.24, 2.45) is 0 Å². The molecule has 1 fully saturated rings. The first-order valence-corrected chi connectivity index (χ1v) is 10.9. The highest BCUT2D eigenvalue weighted by atomic mass is 16.4. The van der Waals surface area contributed by atoms with Gasteiger partial charge >= 0.3 is 5.97 Å². The zero-order valence-corrected chi connectivity index (χ0v) is 18.4. The van der Waals surface area contributed by atoms with E-state index in [0.29, 0.717) is 18.7 Å². The number of nitrogens with zero attached hydrogens (tertiary/aromatic N) is 2. The number of aliphatic hydroxyl groups is 1. The summed E-state index contributed by atoms with van der Waals surface area (Å²) in [5.41, 5.74) is 5.63. The van der Waals surface area contributed by atoms with Crippen LogP contribution in [0.2, 0.25) is 0 Å². The number of amides is 1. The van der Waals surface area contributed by atoms with Gasteiger partial charge in [-0.15, -0.1) is 0 Å². The summed E-state index contributed by atoms with van der Waals surface area (Å²) < 4.78 is 2.06. The van der Waals surface area contributed by atoms with E-state index in [0.717, 1.165) is 41.0 Å². The van der Waals surface area contributed by atoms with Gasteiger partial charge in [0.05, 0.1) is 17.9 Å². The fourth-order valence-electron chi connectivity index (χ4n) is 4.60. The zero-order chi connectivity index (χ0) is 22.8. The average molecular weight is 433 g/mol. The maximum atomic E-state index is 13.4. The third kappa shape index (κ3) is 4.18. The van der Waals surface area contributed by atoms with Gasteiger partial charge in [-0.1, -0.05) is 18.2 Å². The van der Waals surface area contributed by atoms with Gasteiger partial charge in [0.1, 0.15) is 0 Å². The molecule has 2 N–H and O–H groups in total. The Morgan fingerprint density at radius 2 is 1.62 bits per heavy atom. The third-order valence-electron chi connectivity index (χ3n) is 6.35. The van der Waals surface area contributed by atoms with Gasteiger partial charge in [0.25, 0.3) is 5.91 Å². The topological polar surface area (TPSA) is 82.8 Å². The Hall–Kier alpha value is -3.38. The number of aromatic carboxylic acids is 1. The molecular formula is C26H28N2O4. The number of aromatic nitrogens is 1. The SMILES string of the molecule is Cc1ccc(C)n1-c1cc(C(=O)N2CCCC(c3ccc(C(=O)O)cc3)C2)ccc1CO. The molecule has 0 radical (unpaired) electrons. The average Bonchev–Trinajstić information content (AvgIpc) is 3.16. The lowest BCUT2D eigenvalue weighted by Gasteiger charge is -2.33. The van der Waals surface area contributed by atoms with Crippen LogP contribution in [0.4, 0.5) is 0 Å². The van der Waals surface area contributed by atoms with Crippen molar-refractivity contribution < 1.29 is 19.8 Å². The number of aliphatic hydroxyl groups excluding tert-OH is 1. The monoisotopic (exact) mass is 432 g/mol. The lowest BCUT2D eigenvalue weighted by molar-refractivity contribution is 0.0693. The Labute approximate surface area is 187 Å². The first kappa shape index (κ1) is 21.8. The van der Waals surface area contributed by atoms with E-state index in [9.17, 15) is 14.7 Å². The minimum atomic E-state index is -0.938. The highest BCUT2D eigenvalue weighted by molar-refractivity contribution is 5.95. The van der Waals surface area contributed by atoms with E-state index in [4.69, 9.17) is 5.11 Å². The molecule has 1 saturated heterocycles. The van der Waals surface area contributed by atoms with Crippen LogP contribution in [-0.4, -0.2) is 44.6 Å². The summed E-state index contributed by atoms with van der Waals surface area (Å²) >= 11 is 0. The number of aryl methyl sites for hydroxylation is 2. The lowest BCUT2D eigenvalue weighted by atomic mass is 9.89. The zero-order valence-electron chi connectivity index (χ0n) is 18.4. The van der Waals surface area contributed by atoms with Crippen LogP contribution in [0.1, 0.15) is 62.0 Å². The molecule has 0 spiro atoms. The minimum Gasteiger partial charge on any atom is -0.478 e. The summed E-state index contributed by atoms with van der Waals surface area (Å²) in [6.45, 7) is 5.21. The molecule has 32 heavy (non-hydrogen) atoms. The second kappa shape index (κ2) is 9.01. The second-order valence-corrected chi connectivity index (χ2v) is 8.47. The number of carbonyl (C=O) groups excluding carboxylic acids is 1. The van der Waals surface area contributed by atoms with Crippen LogP contribution >= 0.6 is 0 Å². The molecule has 166 valence electrons. The van der Waals surface area contributed by atoms with E-state index in [1.54, 1.807) is 18.2 Å². The Kier molecular flexibility index (Phi) is 6.15. The molecule has 0 saturated carbocycles. The number of carbonyl (C=O) groups is 2. The molecular weight excluding hydrogens is 404 g/mol. The van der Waals surface area contributed by atoms with E-state index in [-0.39, 0.29) is 24.0 Å². The number of likely N-dealkylation sites (tertiary alicyclic amines) is 1. The molecule has 1 amide bonds. The van der Waals surface area contributed by atoms with Gasteiger partial charge in [-0.05, 0) is 68.7 Å². The van der Waals surface area contributed by atoms with Crippen molar-refractivity contribution in [1.29, 1.82) is 0 Å². The smallest absolute Gasteiger partial charge is 0.335 e.